The van der Waals surface area contributed by atoms with Crippen LogP contribution in [0.3, 0.4) is 0 Å². The van der Waals surface area contributed by atoms with Crippen LogP contribution in [0.2, 0.25) is 0 Å². The van der Waals surface area contributed by atoms with Crippen molar-refractivity contribution < 1.29 is 5.11 Å². The fourth-order valence-electron chi connectivity index (χ4n) is 1.23. The van der Waals surface area contributed by atoms with Gasteiger partial charge < -0.3 is 5.11 Å². The van der Waals surface area contributed by atoms with Crippen LogP contribution in [0.5, 0.6) is 0 Å². The Labute approximate surface area is 81.0 Å². The fraction of sp³-hybridized carbons (Fsp3) is 0.222. The molecule has 5 heteroatoms. The molecule has 0 amide bonds. The minimum absolute atomic E-state index is 0.0529. The summed E-state index contributed by atoms with van der Waals surface area (Å²) in [7, 11) is 1.79. The van der Waals surface area contributed by atoms with Crippen molar-refractivity contribution in [1.29, 1.82) is 0 Å². The molecule has 2 aromatic rings. The summed E-state index contributed by atoms with van der Waals surface area (Å²) in [5.41, 5.74) is 1.82. The summed E-state index contributed by atoms with van der Waals surface area (Å²) < 4.78 is 1.61. The van der Waals surface area contributed by atoms with E-state index in [9.17, 15) is 0 Å². The van der Waals surface area contributed by atoms with Crippen LogP contribution in [0.1, 0.15) is 5.56 Å². The third-order valence-corrected chi connectivity index (χ3v) is 2.01. The second-order valence-corrected chi connectivity index (χ2v) is 2.98. The van der Waals surface area contributed by atoms with Gasteiger partial charge in [-0.05, 0) is 16.0 Å². The minimum Gasteiger partial charge on any atom is -0.392 e. The molecule has 0 atom stereocenters. The zero-order valence-electron chi connectivity index (χ0n) is 7.75. The molecule has 2 rings (SSSR count). The Kier molecular flexibility index (Phi) is 2.24. The molecule has 0 saturated carbocycles. The fourth-order valence-corrected chi connectivity index (χ4v) is 1.23. The lowest BCUT2D eigenvalue weighted by molar-refractivity contribution is 0.282. The number of aryl methyl sites for hydroxylation is 1. The summed E-state index contributed by atoms with van der Waals surface area (Å²) in [6.07, 6.45) is 0. The van der Waals surface area contributed by atoms with Crippen LogP contribution in [-0.4, -0.2) is 25.3 Å². The summed E-state index contributed by atoms with van der Waals surface area (Å²) in [6.45, 7) is 0.0529. The predicted octanol–water partition coefficient (Wildman–Crippen LogP) is 0.369. The monoisotopic (exact) mass is 190 g/mol. The molecule has 0 unspecified atom stereocenters. The van der Waals surface area contributed by atoms with Gasteiger partial charge in [0.15, 0.2) is 5.82 Å². The SMILES string of the molecule is Cn1nnnc1-c1ccc(CO)cc1. The van der Waals surface area contributed by atoms with E-state index in [2.05, 4.69) is 15.5 Å². The van der Waals surface area contributed by atoms with Crippen molar-refractivity contribution in [3.8, 4) is 11.4 Å². The van der Waals surface area contributed by atoms with Crippen LogP contribution in [0.25, 0.3) is 11.4 Å². The van der Waals surface area contributed by atoms with Crippen LogP contribution < -0.4 is 0 Å². The number of benzene rings is 1. The number of nitrogens with zero attached hydrogens (tertiary/aromatic N) is 4. The van der Waals surface area contributed by atoms with Crippen molar-refractivity contribution >= 4 is 0 Å². The first-order chi connectivity index (χ1) is 6.81. The standard InChI is InChI=1S/C9H10N4O/c1-13-9(10-11-12-13)8-4-2-7(6-14)3-5-8/h2-5,14H,6H2,1H3. The van der Waals surface area contributed by atoms with Gasteiger partial charge in [-0.3, -0.25) is 0 Å². The van der Waals surface area contributed by atoms with Crippen LogP contribution >= 0.6 is 0 Å². The summed E-state index contributed by atoms with van der Waals surface area (Å²) in [5, 5.41) is 20.0. The molecule has 0 spiro atoms. The van der Waals surface area contributed by atoms with Crippen molar-refractivity contribution in [3.63, 3.8) is 0 Å². The number of aromatic nitrogens is 4. The van der Waals surface area contributed by atoms with E-state index < -0.39 is 0 Å². The van der Waals surface area contributed by atoms with E-state index in [0.29, 0.717) is 0 Å². The smallest absolute Gasteiger partial charge is 0.181 e. The van der Waals surface area contributed by atoms with Gasteiger partial charge in [-0.15, -0.1) is 5.10 Å². The number of aliphatic hydroxyl groups is 1. The van der Waals surface area contributed by atoms with Gasteiger partial charge in [0.25, 0.3) is 0 Å². The molecule has 0 aliphatic carbocycles. The van der Waals surface area contributed by atoms with Gasteiger partial charge in [-0.2, -0.15) is 0 Å². The number of aliphatic hydroxyl groups excluding tert-OH is 1. The van der Waals surface area contributed by atoms with Crippen molar-refractivity contribution in [1.82, 2.24) is 20.2 Å². The van der Waals surface area contributed by atoms with E-state index in [1.807, 2.05) is 24.3 Å². The largest absolute Gasteiger partial charge is 0.392 e. The molecule has 0 saturated heterocycles. The quantitative estimate of drug-likeness (QED) is 0.743. The zero-order chi connectivity index (χ0) is 9.97. The van der Waals surface area contributed by atoms with Gasteiger partial charge in [0, 0.05) is 12.6 Å². The molecule has 0 radical (unpaired) electrons. The molecule has 1 aromatic carbocycles. The maximum absolute atomic E-state index is 8.87. The van der Waals surface area contributed by atoms with E-state index in [4.69, 9.17) is 5.11 Å². The normalized spacial score (nSPS) is 10.4. The van der Waals surface area contributed by atoms with E-state index in [1.165, 1.54) is 0 Å². The Morgan fingerprint density at radius 2 is 2.00 bits per heavy atom. The highest BCUT2D eigenvalue weighted by atomic mass is 16.3. The maximum atomic E-state index is 8.87. The lowest BCUT2D eigenvalue weighted by Gasteiger charge is -1.99. The van der Waals surface area contributed by atoms with Crippen molar-refractivity contribution in [2.45, 2.75) is 6.61 Å². The predicted molar refractivity (Wildman–Crippen MR) is 50.2 cm³/mol. The van der Waals surface area contributed by atoms with E-state index in [0.717, 1.165) is 17.0 Å². The lowest BCUT2D eigenvalue weighted by Crippen LogP contribution is -1.94. The van der Waals surface area contributed by atoms with E-state index >= 15 is 0 Å². The number of hydrogen-bond donors (Lipinski definition) is 1. The first kappa shape index (κ1) is 8.83. The van der Waals surface area contributed by atoms with Crippen LogP contribution in [0.4, 0.5) is 0 Å². The summed E-state index contributed by atoms with van der Waals surface area (Å²) in [6, 6.07) is 7.47. The molecule has 0 aliphatic heterocycles. The second-order valence-electron chi connectivity index (χ2n) is 2.98. The molecule has 5 nitrogen and oxygen atoms in total. The average molecular weight is 190 g/mol. The first-order valence-electron chi connectivity index (χ1n) is 4.24. The summed E-state index contributed by atoms with van der Waals surface area (Å²) in [4.78, 5) is 0. The first-order valence-corrected chi connectivity index (χ1v) is 4.24. The molecular formula is C9H10N4O. The minimum atomic E-state index is 0.0529. The topological polar surface area (TPSA) is 63.8 Å². The summed E-state index contributed by atoms with van der Waals surface area (Å²) in [5.74, 6) is 0.717. The van der Waals surface area contributed by atoms with E-state index in [1.54, 1.807) is 11.7 Å². The van der Waals surface area contributed by atoms with Crippen LogP contribution in [-0.2, 0) is 13.7 Å². The molecule has 72 valence electrons. The lowest BCUT2D eigenvalue weighted by atomic mass is 10.1. The van der Waals surface area contributed by atoms with Gasteiger partial charge in [0.2, 0.25) is 0 Å². The van der Waals surface area contributed by atoms with Crippen LogP contribution in [0.15, 0.2) is 24.3 Å². The maximum Gasteiger partial charge on any atom is 0.181 e. The van der Waals surface area contributed by atoms with Gasteiger partial charge in [0.05, 0.1) is 6.61 Å². The molecule has 1 aromatic heterocycles. The van der Waals surface area contributed by atoms with Gasteiger partial charge >= 0.3 is 0 Å². The molecule has 1 N–H and O–H groups in total. The molecule has 0 bridgehead atoms. The highest BCUT2D eigenvalue weighted by Crippen LogP contribution is 2.15. The van der Waals surface area contributed by atoms with Crippen molar-refractivity contribution in [2.24, 2.45) is 7.05 Å². The Balaban J connectivity index is 2.39. The third kappa shape index (κ3) is 1.49. The second kappa shape index (κ2) is 3.55. The van der Waals surface area contributed by atoms with Crippen molar-refractivity contribution in [2.75, 3.05) is 0 Å². The highest BCUT2D eigenvalue weighted by Gasteiger charge is 2.04. The number of rotatable bonds is 2. The Morgan fingerprint density at radius 3 is 2.50 bits per heavy atom. The van der Waals surface area contributed by atoms with Crippen LogP contribution in [0, 0.1) is 0 Å². The number of tetrazole rings is 1. The molecular weight excluding hydrogens is 180 g/mol. The molecule has 1 heterocycles. The van der Waals surface area contributed by atoms with E-state index in [-0.39, 0.29) is 6.61 Å². The third-order valence-electron chi connectivity index (χ3n) is 2.01. The highest BCUT2D eigenvalue weighted by molar-refractivity contribution is 5.54. The Morgan fingerprint density at radius 1 is 1.29 bits per heavy atom. The van der Waals surface area contributed by atoms with Gasteiger partial charge in [-0.25, -0.2) is 4.68 Å². The molecule has 0 aliphatic rings. The Hall–Kier alpha value is -1.75. The van der Waals surface area contributed by atoms with Gasteiger partial charge in [-0.1, -0.05) is 24.3 Å². The van der Waals surface area contributed by atoms with Crippen molar-refractivity contribution in [3.05, 3.63) is 29.8 Å². The number of hydrogen-bond acceptors (Lipinski definition) is 4. The zero-order valence-corrected chi connectivity index (χ0v) is 7.75. The molecule has 0 fully saturated rings. The summed E-state index contributed by atoms with van der Waals surface area (Å²) >= 11 is 0. The molecule has 14 heavy (non-hydrogen) atoms. The average Bonchev–Trinajstić information content (AvgIpc) is 2.65. The Bertz CT molecular complexity index is 421. The van der Waals surface area contributed by atoms with Gasteiger partial charge in [0.1, 0.15) is 0 Å².